The summed E-state index contributed by atoms with van der Waals surface area (Å²) in [5, 5.41) is 10.9. The Balaban J connectivity index is 0.00000253. The fourth-order valence-electron chi connectivity index (χ4n) is 4.25. The van der Waals surface area contributed by atoms with Crippen LogP contribution in [0.2, 0.25) is 0 Å². The van der Waals surface area contributed by atoms with E-state index in [1.807, 2.05) is 45.2 Å². The number of nitrogens with one attached hydrogen (secondary N) is 2. The van der Waals surface area contributed by atoms with E-state index in [0.717, 1.165) is 45.3 Å². The van der Waals surface area contributed by atoms with Crippen LogP contribution in [0.3, 0.4) is 0 Å². The summed E-state index contributed by atoms with van der Waals surface area (Å²) in [4.78, 5) is 21.4. The van der Waals surface area contributed by atoms with Crippen molar-refractivity contribution in [2.75, 3.05) is 11.9 Å². The molecule has 0 spiro atoms. The van der Waals surface area contributed by atoms with Gasteiger partial charge in [0.15, 0.2) is 0 Å². The van der Waals surface area contributed by atoms with Crippen LogP contribution in [0.5, 0.6) is 0 Å². The zero-order valence-electron chi connectivity index (χ0n) is 22.1. The number of aryl methyl sites for hydroxylation is 3. The molecule has 0 amide bonds. The van der Waals surface area contributed by atoms with E-state index in [1.54, 1.807) is 0 Å². The molecule has 4 rings (SSSR count). The minimum atomic E-state index is -0.201. The van der Waals surface area contributed by atoms with Crippen LogP contribution in [0.15, 0.2) is 42.5 Å². The van der Waals surface area contributed by atoms with E-state index in [-0.39, 0.29) is 36.6 Å². The molecule has 9 nitrogen and oxygen atoms in total. The second kappa shape index (κ2) is 13.3. The van der Waals surface area contributed by atoms with Gasteiger partial charge < -0.3 is 24.9 Å². The first-order valence-electron chi connectivity index (χ1n) is 12.1. The molecule has 0 saturated heterocycles. The Morgan fingerprint density at radius 1 is 1.08 bits per heavy atom. The molecule has 2 heterocycles. The first-order valence-corrected chi connectivity index (χ1v) is 12.1. The molecule has 204 valence electrons. The maximum absolute atomic E-state index is 11.9. The summed E-state index contributed by atoms with van der Waals surface area (Å²) >= 11 is 0. The van der Waals surface area contributed by atoms with E-state index in [9.17, 15) is 4.79 Å². The number of esters is 1. The zero-order chi connectivity index (χ0) is 25.8. The Kier molecular flexibility index (Phi) is 10.7. The van der Waals surface area contributed by atoms with Crippen LogP contribution in [0.1, 0.15) is 47.5 Å². The van der Waals surface area contributed by atoms with Crippen LogP contribution in [0.4, 0.5) is 5.69 Å². The van der Waals surface area contributed by atoms with E-state index in [0.29, 0.717) is 38.1 Å². The number of nitrogens with two attached hydrogens (primary N) is 1. The van der Waals surface area contributed by atoms with Gasteiger partial charge in [0.1, 0.15) is 17.5 Å². The maximum atomic E-state index is 11.9. The highest BCUT2D eigenvalue weighted by Crippen LogP contribution is 2.21. The van der Waals surface area contributed by atoms with Crippen LogP contribution < -0.4 is 11.1 Å². The molecule has 0 unspecified atom stereocenters. The van der Waals surface area contributed by atoms with Crippen LogP contribution >= 0.6 is 24.8 Å². The van der Waals surface area contributed by atoms with Gasteiger partial charge in [-0.2, -0.15) is 0 Å². The molecule has 0 aliphatic carbocycles. The number of anilines is 1. The molecule has 0 aliphatic rings. The average molecular weight is 561 g/mol. The quantitative estimate of drug-likeness (QED) is 0.147. The molecule has 0 fully saturated rings. The third-order valence-corrected chi connectivity index (χ3v) is 6.42. The number of benzene rings is 2. The smallest absolute Gasteiger partial charge is 0.306 e. The number of ether oxygens (including phenoxy) is 1. The van der Waals surface area contributed by atoms with E-state index < -0.39 is 0 Å². The molecule has 0 aliphatic heterocycles. The number of nitrogens with zero attached hydrogens (tertiary/aromatic N) is 4. The van der Waals surface area contributed by atoms with Gasteiger partial charge in [-0.25, -0.2) is 9.97 Å². The van der Waals surface area contributed by atoms with Crippen molar-refractivity contribution >= 4 is 53.3 Å². The third kappa shape index (κ3) is 6.85. The predicted molar refractivity (Wildman–Crippen MR) is 156 cm³/mol. The van der Waals surface area contributed by atoms with Gasteiger partial charge in [-0.15, -0.1) is 24.8 Å². The van der Waals surface area contributed by atoms with Gasteiger partial charge in [-0.3, -0.25) is 10.2 Å². The predicted octanol–water partition coefficient (Wildman–Crippen LogP) is 4.67. The summed E-state index contributed by atoms with van der Waals surface area (Å²) in [6.45, 7) is 7.48. The van der Waals surface area contributed by atoms with Crippen molar-refractivity contribution in [3.63, 3.8) is 0 Å². The summed E-state index contributed by atoms with van der Waals surface area (Å²) < 4.78 is 9.34. The molecule has 4 N–H and O–H groups in total. The first-order chi connectivity index (χ1) is 17.3. The molecule has 0 saturated carbocycles. The Morgan fingerprint density at radius 2 is 1.79 bits per heavy atom. The Hall–Kier alpha value is -3.56. The van der Waals surface area contributed by atoms with E-state index in [1.165, 1.54) is 0 Å². The largest absolute Gasteiger partial charge is 0.466 e. The normalized spacial score (nSPS) is 10.5. The van der Waals surface area contributed by atoms with Gasteiger partial charge in [0.25, 0.3) is 0 Å². The first kappa shape index (κ1) is 30.7. The van der Waals surface area contributed by atoms with Gasteiger partial charge in [-0.05, 0) is 62.7 Å². The number of hydrogen-bond acceptors (Lipinski definition) is 6. The van der Waals surface area contributed by atoms with Crippen molar-refractivity contribution in [2.45, 2.75) is 46.7 Å². The molecule has 0 radical (unpaired) electrons. The summed E-state index contributed by atoms with van der Waals surface area (Å²) in [6, 6.07) is 13.8. The van der Waals surface area contributed by atoms with Crippen molar-refractivity contribution in [1.82, 2.24) is 19.1 Å². The summed E-state index contributed by atoms with van der Waals surface area (Å²) in [5.74, 6) is 1.66. The standard InChI is InChI=1S/C27H33N7O2.2ClH/c1-5-36-26(35)13-12-24-31-17(2)18(3)34(24)16-19-6-11-23-22(14-19)32-25(33(23)4)15-30-21-9-7-20(8-10-21)27(28)29;;/h6-11,14,30H,5,12-13,15-16H2,1-4H3,(H3,28,29);2*1H. The molecule has 2 aromatic carbocycles. The number of halogens is 2. The average Bonchev–Trinajstić information content (AvgIpc) is 3.32. The Morgan fingerprint density at radius 3 is 2.45 bits per heavy atom. The van der Waals surface area contributed by atoms with Crippen molar-refractivity contribution in [1.29, 1.82) is 5.41 Å². The molecule has 38 heavy (non-hydrogen) atoms. The van der Waals surface area contributed by atoms with E-state index in [4.69, 9.17) is 25.8 Å². The number of hydrogen-bond donors (Lipinski definition) is 3. The van der Waals surface area contributed by atoms with Crippen molar-refractivity contribution in [3.05, 3.63) is 76.6 Å². The lowest BCUT2D eigenvalue weighted by atomic mass is 10.2. The fraction of sp³-hybridized carbons (Fsp3) is 0.333. The lowest BCUT2D eigenvalue weighted by Crippen LogP contribution is -2.11. The number of carbonyl (C=O) groups excluding carboxylic acids is 1. The van der Waals surface area contributed by atoms with Gasteiger partial charge in [0.2, 0.25) is 0 Å². The van der Waals surface area contributed by atoms with Crippen molar-refractivity contribution in [2.24, 2.45) is 12.8 Å². The Bertz CT molecular complexity index is 1410. The number of fused-ring (bicyclic) bond motifs is 1. The highest BCUT2D eigenvalue weighted by Gasteiger charge is 2.15. The second-order valence-electron chi connectivity index (χ2n) is 8.84. The monoisotopic (exact) mass is 559 g/mol. The summed E-state index contributed by atoms with van der Waals surface area (Å²) in [6.07, 6.45) is 0.861. The maximum Gasteiger partial charge on any atom is 0.306 e. The number of rotatable bonds is 10. The number of imidazole rings is 2. The lowest BCUT2D eigenvalue weighted by Gasteiger charge is -2.11. The highest BCUT2D eigenvalue weighted by molar-refractivity contribution is 5.95. The fourth-order valence-corrected chi connectivity index (χ4v) is 4.25. The number of carbonyl (C=O) groups is 1. The number of nitrogen functional groups attached to an aromatic ring is 1. The number of amidine groups is 1. The molecule has 2 aromatic heterocycles. The van der Waals surface area contributed by atoms with Crippen molar-refractivity contribution < 1.29 is 9.53 Å². The highest BCUT2D eigenvalue weighted by atomic mass is 35.5. The van der Waals surface area contributed by atoms with Crippen LogP contribution in [0.25, 0.3) is 11.0 Å². The Labute approximate surface area is 235 Å². The summed E-state index contributed by atoms with van der Waals surface area (Å²) in [7, 11) is 2.02. The van der Waals surface area contributed by atoms with Gasteiger partial charge >= 0.3 is 5.97 Å². The number of aromatic nitrogens is 4. The summed E-state index contributed by atoms with van der Waals surface area (Å²) in [5.41, 5.74) is 12.3. The zero-order valence-corrected chi connectivity index (χ0v) is 23.7. The van der Waals surface area contributed by atoms with Crippen LogP contribution in [-0.4, -0.2) is 37.5 Å². The molecule has 11 heteroatoms. The van der Waals surface area contributed by atoms with E-state index >= 15 is 0 Å². The SMILES string of the molecule is CCOC(=O)CCc1nc(C)c(C)n1Cc1ccc2c(c1)nc(CNc1ccc(C(=N)N)cc1)n2C.Cl.Cl. The van der Waals surface area contributed by atoms with Gasteiger partial charge in [0.05, 0.1) is 36.3 Å². The topological polar surface area (TPSA) is 124 Å². The minimum Gasteiger partial charge on any atom is -0.466 e. The molecular weight excluding hydrogens is 525 g/mol. The van der Waals surface area contributed by atoms with Crippen LogP contribution in [-0.2, 0) is 36.1 Å². The minimum absolute atomic E-state index is 0. The van der Waals surface area contributed by atoms with Crippen molar-refractivity contribution in [3.8, 4) is 0 Å². The second-order valence-corrected chi connectivity index (χ2v) is 8.84. The molecule has 4 aromatic rings. The molecule has 0 bridgehead atoms. The van der Waals surface area contributed by atoms with Gasteiger partial charge in [0, 0.05) is 37.0 Å². The molecule has 0 atom stereocenters. The lowest BCUT2D eigenvalue weighted by molar-refractivity contribution is -0.143. The van der Waals surface area contributed by atoms with Crippen LogP contribution in [0, 0.1) is 19.3 Å². The van der Waals surface area contributed by atoms with E-state index in [2.05, 4.69) is 39.6 Å². The van der Waals surface area contributed by atoms with Gasteiger partial charge in [-0.1, -0.05) is 6.07 Å². The molecular formula is C27H35Cl2N7O2. The third-order valence-electron chi connectivity index (χ3n) is 6.42.